The molecule has 0 unspecified atom stereocenters. The number of amides is 1. The first kappa shape index (κ1) is 14.7. The number of halogens is 1. The van der Waals surface area contributed by atoms with Crippen LogP contribution in [0.25, 0.3) is 0 Å². The highest BCUT2D eigenvalue weighted by Crippen LogP contribution is 2.14. The Morgan fingerprint density at radius 2 is 2.19 bits per heavy atom. The molecular weight excluding hydrogens is 277 g/mol. The molecule has 1 N–H and O–H groups in total. The minimum atomic E-state index is -0.575. The van der Waals surface area contributed by atoms with Crippen LogP contribution in [0.3, 0.4) is 0 Å². The van der Waals surface area contributed by atoms with Crippen LogP contribution in [0, 0.1) is 12.7 Å². The summed E-state index contributed by atoms with van der Waals surface area (Å²) in [5.74, 6) is -1.59. The van der Waals surface area contributed by atoms with E-state index in [2.05, 4.69) is 15.2 Å². The lowest BCUT2D eigenvalue weighted by molar-refractivity contribution is -0.141. The van der Waals surface area contributed by atoms with Gasteiger partial charge >= 0.3 is 5.97 Å². The standard InChI is InChI=1S/C14H14FN3O3/c1-9-4-3-5-11(13(9)15)14(20)17-10-6-16-18(7-10)8-12(19)21-2/h3-7H,8H2,1-2H3,(H,17,20). The molecular formula is C14H14FN3O3. The van der Waals surface area contributed by atoms with Crippen LogP contribution >= 0.6 is 0 Å². The number of hydrogen-bond donors (Lipinski definition) is 1. The number of aryl methyl sites for hydroxylation is 1. The molecule has 0 aliphatic carbocycles. The quantitative estimate of drug-likeness (QED) is 0.871. The third-order valence-corrected chi connectivity index (χ3v) is 2.85. The second-order valence-corrected chi connectivity index (χ2v) is 4.39. The van der Waals surface area contributed by atoms with Crippen LogP contribution < -0.4 is 5.32 Å². The SMILES string of the molecule is COC(=O)Cn1cc(NC(=O)c2cccc(C)c2F)cn1. The summed E-state index contributed by atoms with van der Waals surface area (Å²) in [6, 6.07) is 4.59. The molecule has 1 amide bonds. The van der Waals surface area contributed by atoms with Crippen LogP contribution in [-0.2, 0) is 16.1 Å². The van der Waals surface area contributed by atoms with Crippen molar-refractivity contribution >= 4 is 17.6 Å². The topological polar surface area (TPSA) is 73.2 Å². The predicted molar refractivity (Wildman–Crippen MR) is 73.3 cm³/mol. The third kappa shape index (κ3) is 3.44. The Kier molecular flexibility index (Phi) is 4.32. The Labute approximate surface area is 120 Å². The third-order valence-electron chi connectivity index (χ3n) is 2.85. The van der Waals surface area contributed by atoms with Crippen molar-refractivity contribution in [2.75, 3.05) is 12.4 Å². The van der Waals surface area contributed by atoms with Crippen LogP contribution in [0.15, 0.2) is 30.6 Å². The van der Waals surface area contributed by atoms with Gasteiger partial charge in [0.15, 0.2) is 0 Å². The highest BCUT2D eigenvalue weighted by Gasteiger charge is 2.14. The smallest absolute Gasteiger partial charge is 0.327 e. The van der Waals surface area contributed by atoms with Gasteiger partial charge in [-0.2, -0.15) is 5.10 Å². The zero-order valence-corrected chi connectivity index (χ0v) is 11.6. The number of rotatable bonds is 4. The van der Waals surface area contributed by atoms with Gasteiger partial charge in [0.05, 0.1) is 24.6 Å². The fourth-order valence-electron chi connectivity index (χ4n) is 1.73. The normalized spacial score (nSPS) is 10.2. The Bertz CT molecular complexity index is 682. The predicted octanol–water partition coefficient (Wildman–Crippen LogP) is 1.76. The Balaban J connectivity index is 2.09. The van der Waals surface area contributed by atoms with Crippen LogP contribution in [0.4, 0.5) is 10.1 Å². The Morgan fingerprint density at radius 1 is 1.43 bits per heavy atom. The van der Waals surface area contributed by atoms with Crippen molar-refractivity contribution < 1.29 is 18.7 Å². The highest BCUT2D eigenvalue weighted by atomic mass is 19.1. The molecule has 1 heterocycles. The summed E-state index contributed by atoms with van der Waals surface area (Å²) < 4.78 is 19.7. The lowest BCUT2D eigenvalue weighted by atomic mass is 10.1. The average Bonchev–Trinajstić information content (AvgIpc) is 2.88. The van der Waals surface area contributed by atoms with E-state index in [0.717, 1.165) is 0 Å². The summed E-state index contributed by atoms with van der Waals surface area (Å²) in [7, 11) is 1.27. The van der Waals surface area contributed by atoms with Crippen molar-refractivity contribution in [2.24, 2.45) is 0 Å². The van der Waals surface area contributed by atoms with E-state index in [0.29, 0.717) is 11.3 Å². The molecule has 1 aromatic heterocycles. The zero-order valence-electron chi connectivity index (χ0n) is 11.6. The molecule has 0 spiro atoms. The summed E-state index contributed by atoms with van der Waals surface area (Å²) in [6.07, 6.45) is 2.83. The molecule has 0 saturated carbocycles. The second-order valence-electron chi connectivity index (χ2n) is 4.39. The second kappa shape index (κ2) is 6.17. The number of anilines is 1. The molecule has 0 aliphatic heterocycles. The molecule has 0 aliphatic rings. The molecule has 0 saturated heterocycles. The number of ether oxygens (including phenoxy) is 1. The molecule has 0 fully saturated rings. The lowest BCUT2D eigenvalue weighted by Crippen LogP contribution is -2.14. The largest absolute Gasteiger partial charge is 0.468 e. The van der Waals surface area contributed by atoms with Crippen molar-refractivity contribution in [3.63, 3.8) is 0 Å². The number of nitrogens with zero attached hydrogens (tertiary/aromatic N) is 2. The van der Waals surface area contributed by atoms with Crippen molar-refractivity contribution in [3.8, 4) is 0 Å². The van der Waals surface area contributed by atoms with Crippen LogP contribution in [0.2, 0.25) is 0 Å². The number of methoxy groups -OCH3 is 1. The average molecular weight is 291 g/mol. The number of carbonyl (C=O) groups excluding carboxylic acids is 2. The number of carbonyl (C=O) groups is 2. The van der Waals surface area contributed by atoms with Gasteiger partial charge in [0.25, 0.3) is 5.91 Å². The first-order chi connectivity index (χ1) is 10.0. The van der Waals surface area contributed by atoms with E-state index in [1.165, 1.54) is 30.3 Å². The molecule has 0 bridgehead atoms. The van der Waals surface area contributed by atoms with Gasteiger partial charge in [-0.3, -0.25) is 14.3 Å². The molecule has 2 aromatic rings. The lowest BCUT2D eigenvalue weighted by Gasteiger charge is -2.05. The first-order valence-corrected chi connectivity index (χ1v) is 6.17. The molecule has 21 heavy (non-hydrogen) atoms. The van der Waals surface area contributed by atoms with E-state index in [1.807, 2.05) is 0 Å². The van der Waals surface area contributed by atoms with Crippen molar-refractivity contribution in [3.05, 3.63) is 47.5 Å². The molecule has 0 atom stereocenters. The summed E-state index contributed by atoms with van der Waals surface area (Å²) in [5, 5.41) is 6.42. The Hall–Kier alpha value is -2.70. The molecule has 110 valence electrons. The van der Waals surface area contributed by atoms with Gasteiger partial charge in [-0.15, -0.1) is 0 Å². The van der Waals surface area contributed by atoms with Gasteiger partial charge in [-0.25, -0.2) is 4.39 Å². The number of aromatic nitrogens is 2. The molecule has 7 heteroatoms. The van der Waals surface area contributed by atoms with Crippen LogP contribution in [0.1, 0.15) is 15.9 Å². The Morgan fingerprint density at radius 3 is 2.90 bits per heavy atom. The number of hydrogen-bond acceptors (Lipinski definition) is 4. The molecule has 0 radical (unpaired) electrons. The van der Waals surface area contributed by atoms with Crippen molar-refractivity contribution in [1.29, 1.82) is 0 Å². The summed E-state index contributed by atoms with van der Waals surface area (Å²) >= 11 is 0. The monoisotopic (exact) mass is 291 g/mol. The van der Waals surface area contributed by atoms with Crippen molar-refractivity contribution in [2.45, 2.75) is 13.5 Å². The van der Waals surface area contributed by atoms with E-state index in [4.69, 9.17) is 0 Å². The minimum absolute atomic E-state index is 0.0456. The van der Waals surface area contributed by atoms with Gasteiger partial charge in [0.1, 0.15) is 12.4 Å². The molecule has 1 aromatic carbocycles. The van der Waals surface area contributed by atoms with Crippen LogP contribution in [-0.4, -0.2) is 28.8 Å². The van der Waals surface area contributed by atoms with E-state index in [1.54, 1.807) is 19.1 Å². The zero-order chi connectivity index (χ0) is 15.4. The van der Waals surface area contributed by atoms with Crippen LogP contribution in [0.5, 0.6) is 0 Å². The molecule has 2 rings (SSSR count). The maximum atomic E-state index is 13.8. The number of nitrogens with one attached hydrogen (secondary N) is 1. The fraction of sp³-hybridized carbons (Fsp3) is 0.214. The van der Waals surface area contributed by atoms with Gasteiger partial charge in [0.2, 0.25) is 0 Å². The van der Waals surface area contributed by atoms with E-state index in [9.17, 15) is 14.0 Å². The summed E-state index contributed by atoms with van der Waals surface area (Å²) in [6.45, 7) is 1.52. The maximum absolute atomic E-state index is 13.8. The number of benzene rings is 1. The summed E-state index contributed by atoms with van der Waals surface area (Å²) in [4.78, 5) is 23.1. The van der Waals surface area contributed by atoms with E-state index >= 15 is 0 Å². The van der Waals surface area contributed by atoms with Gasteiger partial charge in [-0.05, 0) is 18.6 Å². The van der Waals surface area contributed by atoms with Crippen molar-refractivity contribution in [1.82, 2.24) is 9.78 Å². The van der Waals surface area contributed by atoms with Gasteiger partial charge in [0, 0.05) is 6.20 Å². The number of esters is 1. The highest BCUT2D eigenvalue weighted by molar-refractivity contribution is 6.04. The van der Waals surface area contributed by atoms with Gasteiger partial charge < -0.3 is 10.1 Å². The minimum Gasteiger partial charge on any atom is -0.468 e. The maximum Gasteiger partial charge on any atom is 0.327 e. The molecule has 6 nitrogen and oxygen atoms in total. The fourth-order valence-corrected chi connectivity index (χ4v) is 1.73. The van der Waals surface area contributed by atoms with E-state index < -0.39 is 17.7 Å². The van der Waals surface area contributed by atoms with Gasteiger partial charge in [-0.1, -0.05) is 12.1 Å². The first-order valence-electron chi connectivity index (χ1n) is 6.17. The summed E-state index contributed by atoms with van der Waals surface area (Å²) in [5.41, 5.74) is 0.713. The van der Waals surface area contributed by atoms with E-state index in [-0.39, 0.29) is 12.1 Å².